The van der Waals surface area contributed by atoms with Crippen molar-refractivity contribution in [1.29, 1.82) is 0 Å². The lowest BCUT2D eigenvalue weighted by atomic mass is 9.96. The molecule has 2 bridgehead atoms. The molecule has 0 aromatic carbocycles. The largest absolute Gasteiger partial charge is 0.480 e. The van der Waals surface area contributed by atoms with E-state index in [1.165, 1.54) is 12.0 Å². The molecule has 1 aliphatic carbocycles. The number of carboxylic acid groups (broad SMARTS) is 1. The molecule has 118 valence electrons. The number of carboxylic acids is 1. The highest BCUT2D eigenvalue weighted by atomic mass is 16.5. The molecule has 2 N–H and O–H groups in total. The molecule has 2 aliphatic rings. The number of methoxy groups -OCH3 is 1. The summed E-state index contributed by atoms with van der Waals surface area (Å²) in [5.41, 5.74) is 0. The van der Waals surface area contributed by atoms with E-state index in [4.69, 9.17) is 0 Å². The van der Waals surface area contributed by atoms with Crippen molar-refractivity contribution >= 4 is 18.0 Å². The molecule has 2 fully saturated rings. The molecule has 0 aromatic rings. The van der Waals surface area contributed by atoms with Crippen molar-refractivity contribution in [3.63, 3.8) is 0 Å². The molecule has 21 heavy (non-hydrogen) atoms. The van der Waals surface area contributed by atoms with Crippen molar-refractivity contribution in [3.05, 3.63) is 0 Å². The van der Waals surface area contributed by atoms with Crippen LogP contribution in [0.15, 0.2) is 0 Å². The van der Waals surface area contributed by atoms with Gasteiger partial charge in [0.2, 0.25) is 5.91 Å². The van der Waals surface area contributed by atoms with Crippen molar-refractivity contribution < 1.29 is 24.2 Å². The first-order valence-corrected chi connectivity index (χ1v) is 7.26. The van der Waals surface area contributed by atoms with E-state index >= 15 is 0 Å². The standard InChI is InChI=1S/C14H22N2O5/c1-7(2)10(15-14(20)21-3)12(17)16-9-5-4-8(6-9)11(16)13(18)19/h7-11H,4-6H2,1-3H3,(H,15,20)(H,18,19). The Morgan fingerprint density at radius 3 is 2.48 bits per heavy atom. The van der Waals surface area contributed by atoms with Crippen LogP contribution in [-0.4, -0.2) is 53.2 Å². The minimum Gasteiger partial charge on any atom is -0.480 e. The van der Waals surface area contributed by atoms with Crippen LogP contribution in [0.5, 0.6) is 0 Å². The molecule has 1 saturated carbocycles. The summed E-state index contributed by atoms with van der Waals surface area (Å²) in [7, 11) is 1.23. The Hall–Kier alpha value is -1.79. The summed E-state index contributed by atoms with van der Waals surface area (Å²) >= 11 is 0. The lowest BCUT2D eigenvalue weighted by molar-refractivity contribution is -0.153. The summed E-state index contributed by atoms with van der Waals surface area (Å²) in [6.45, 7) is 3.62. The normalized spacial score (nSPS) is 28.6. The van der Waals surface area contributed by atoms with Gasteiger partial charge < -0.3 is 20.1 Å². The van der Waals surface area contributed by atoms with Crippen LogP contribution in [-0.2, 0) is 14.3 Å². The smallest absolute Gasteiger partial charge is 0.407 e. The van der Waals surface area contributed by atoms with Gasteiger partial charge in [0.15, 0.2) is 0 Å². The topological polar surface area (TPSA) is 95.9 Å². The number of ether oxygens (including phenoxy) is 1. The number of hydrogen-bond donors (Lipinski definition) is 2. The Morgan fingerprint density at radius 2 is 1.95 bits per heavy atom. The van der Waals surface area contributed by atoms with Gasteiger partial charge in [-0.15, -0.1) is 0 Å². The van der Waals surface area contributed by atoms with E-state index in [-0.39, 0.29) is 23.8 Å². The Kier molecular flexibility index (Phi) is 4.39. The van der Waals surface area contributed by atoms with E-state index in [1.54, 1.807) is 0 Å². The number of amides is 2. The number of alkyl carbamates (subject to hydrolysis) is 1. The molecule has 1 aliphatic heterocycles. The summed E-state index contributed by atoms with van der Waals surface area (Å²) in [6.07, 6.45) is 1.75. The monoisotopic (exact) mass is 298 g/mol. The van der Waals surface area contributed by atoms with Crippen LogP contribution in [0, 0.1) is 11.8 Å². The first-order valence-electron chi connectivity index (χ1n) is 7.26. The lowest BCUT2D eigenvalue weighted by Gasteiger charge is -2.36. The number of hydrogen-bond acceptors (Lipinski definition) is 4. The van der Waals surface area contributed by atoms with Crippen molar-refractivity contribution in [2.45, 2.75) is 51.2 Å². The maximum absolute atomic E-state index is 12.7. The molecular weight excluding hydrogens is 276 g/mol. The zero-order valence-electron chi connectivity index (χ0n) is 12.5. The van der Waals surface area contributed by atoms with E-state index in [9.17, 15) is 19.5 Å². The van der Waals surface area contributed by atoms with Crippen LogP contribution in [0.4, 0.5) is 4.79 Å². The number of likely N-dealkylation sites (tertiary alicyclic amines) is 1. The number of rotatable bonds is 4. The van der Waals surface area contributed by atoms with Gasteiger partial charge in [-0.1, -0.05) is 13.8 Å². The molecule has 0 spiro atoms. The second-order valence-electron chi connectivity index (χ2n) is 6.11. The number of nitrogens with zero attached hydrogens (tertiary/aromatic N) is 1. The van der Waals surface area contributed by atoms with Crippen LogP contribution in [0.25, 0.3) is 0 Å². The van der Waals surface area contributed by atoms with Crippen molar-refractivity contribution in [2.24, 2.45) is 11.8 Å². The number of aliphatic carboxylic acids is 1. The van der Waals surface area contributed by atoms with Crippen LogP contribution in [0.2, 0.25) is 0 Å². The Balaban J connectivity index is 2.19. The van der Waals surface area contributed by atoms with E-state index in [2.05, 4.69) is 10.1 Å². The van der Waals surface area contributed by atoms with Crippen LogP contribution >= 0.6 is 0 Å². The fraction of sp³-hybridized carbons (Fsp3) is 0.786. The molecule has 1 saturated heterocycles. The first-order chi connectivity index (χ1) is 9.86. The molecule has 7 nitrogen and oxygen atoms in total. The highest BCUT2D eigenvalue weighted by Gasteiger charge is 2.52. The zero-order valence-corrected chi connectivity index (χ0v) is 12.5. The third-order valence-electron chi connectivity index (χ3n) is 4.48. The molecule has 4 atom stereocenters. The van der Waals surface area contributed by atoms with Crippen molar-refractivity contribution in [3.8, 4) is 0 Å². The number of carbonyl (C=O) groups excluding carboxylic acids is 2. The van der Waals surface area contributed by atoms with Gasteiger partial charge >= 0.3 is 12.1 Å². The summed E-state index contributed by atoms with van der Waals surface area (Å²) in [5, 5.41) is 11.9. The minimum atomic E-state index is -0.962. The summed E-state index contributed by atoms with van der Waals surface area (Å²) in [6, 6.07) is -1.56. The third-order valence-corrected chi connectivity index (χ3v) is 4.48. The lowest BCUT2D eigenvalue weighted by Crippen LogP contribution is -2.57. The highest BCUT2D eigenvalue weighted by molar-refractivity contribution is 5.90. The van der Waals surface area contributed by atoms with E-state index < -0.39 is 24.1 Å². The fourth-order valence-electron chi connectivity index (χ4n) is 3.48. The SMILES string of the molecule is COC(=O)NC(C(=O)N1C2CCC(C2)C1C(=O)O)C(C)C. The van der Waals surface area contributed by atoms with E-state index in [0.29, 0.717) is 0 Å². The van der Waals surface area contributed by atoms with Gasteiger partial charge in [-0.3, -0.25) is 4.79 Å². The zero-order chi connectivity index (χ0) is 15.7. The van der Waals surface area contributed by atoms with Gasteiger partial charge in [0.1, 0.15) is 12.1 Å². The van der Waals surface area contributed by atoms with E-state index in [0.717, 1.165) is 19.3 Å². The van der Waals surface area contributed by atoms with Crippen LogP contribution in [0.1, 0.15) is 33.1 Å². The molecule has 1 heterocycles. The van der Waals surface area contributed by atoms with Gasteiger partial charge in [-0.2, -0.15) is 0 Å². The van der Waals surface area contributed by atoms with Crippen molar-refractivity contribution in [1.82, 2.24) is 10.2 Å². The molecular formula is C14H22N2O5. The van der Waals surface area contributed by atoms with Crippen LogP contribution in [0.3, 0.4) is 0 Å². The predicted octanol–water partition coefficient (Wildman–Crippen LogP) is 0.831. The highest BCUT2D eigenvalue weighted by Crippen LogP contribution is 2.43. The number of carbonyl (C=O) groups is 3. The molecule has 2 amide bonds. The minimum absolute atomic E-state index is 0.0238. The average Bonchev–Trinajstić information content (AvgIpc) is 3.03. The van der Waals surface area contributed by atoms with Crippen LogP contribution < -0.4 is 5.32 Å². The maximum Gasteiger partial charge on any atom is 0.407 e. The first kappa shape index (κ1) is 15.6. The van der Waals surface area contributed by atoms with Gasteiger partial charge in [-0.25, -0.2) is 9.59 Å². The van der Waals surface area contributed by atoms with Crippen molar-refractivity contribution in [2.75, 3.05) is 7.11 Å². The molecule has 0 aromatic heterocycles. The number of nitrogens with one attached hydrogen (secondary N) is 1. The Labute approximate surface area is 123 Å². The number of fused-ring (bicyclic) bond motifs is 2. The predicted molar refractivity (Wildman–Crippen MR) is 73.6 cm³/mol. The maximum atomic E-state index is 12.7. The second kappa shape index (κ2) is 5.91. The Bertz CT molecular complexity index is 451. The summed E-state index contributed by atoms with van der Waals surface area (Å²) in [5.74, 6) is -1.40. The Morgan fingerprint density at radius 1 is 1.29 bits per heavy atom. The molecule has 0 radical (unpaired) electrons. The molecule has 2 rings (SSSR count). The van der Waals surface area contributed by atoms with Gasteiger partial charge in [0.05, 0.1) is 7.11 Å². The molecule has 7 heteroatoms. The average molecular weight is 298 g/mol. The number of piperidine rings is 1. The quantitative estimate of drug-likeness (QED) is 0.801. The van der Waals surface area contributed by atoms with E-state index in [1.807, 2.05) is 13.8 Å². The van der Waals surface area contributed by atoms with Gasteiger partial charge in [0, 0.05) is 6.04 Å². The summed E-state index contributed by atoms with van der Waals surface area (Å²) in [4.78, 5) is 37.1. The second-order valence-corrected chi connectivity index (χ2v) is 6.11. The third kappa shape index (κ3) is 2.82. The van der Waals surface area contributed by atoms with Gasteiger partial charge in [-0.05, 0) is 31.1 Å². The van der Waals surface area contributed by atoms with Gasteiger partial charge in [0.25, 0.3) is 0 Å². The molecule has 4 unspecified atom stereocenters. The summed E-state index contributed by atoms with van der Waals surface area (Å²) < 4.78 is 4.54. The fourth-order valence-corrected chi connectivity index (χ4v) is 3.48.